The topological polar surface area (TPSA) is 71.5 Å². The van der Waals surface area contributed by atoms with Gasteiger partial charge in [-0.2, -0.15) is 0 Å². The van der Waals surface area contributed by atoms with Gasteiger partial charge in [0.15, 0.2) is 0 Å². The fourth-order valence-corrected chi connectivity index (χ4v) is 2.88. The molecule has 2 N–H and O–H groups in total. The highest BCUT2D eigenvalue weighted by molar-refractivity contribution is 4.91. The number of methoxy groups -OCH3 is 2. The van der Waals surface area contributed by atoms with Crippen LogP contribution in [0.5, 0.6) is 0 Å². The Morgan fingerprint density at radius 1 is 1.04 bits per heavy atom. The number of aliphatic hydroxyl groups excluding tert-OH is 2. The average Bonchev–Trinajstić information content (AvgIpc) is 3.35. The molecule has 1 fully saturated rings. The molecule has 0 aromatic rings. The van der Waals surface area contributed by atoms with Crippen molar-refractivity contribution >= 4 is 0 Å². The Labute approximate surface area is 141 Å². The molecule has 1 aliphatic heterocycles. The molecule has 0 saturated carbocycles. The Morgan fingerprint density at radius 3 is 1.96 bits per heavy atom. The summed E-state index contributed by atoms with van der Waals surface area (Å²) in [5.74, 6) is 0.772. The zero-order chi connectivity index (χ0) is 17.8. The van der Waals surface area contributed by atoms with Crippen molar-refractivity contribution in [3.8, 4) is 0 Å². The van der Waals surface area contributed by atoms with Crippen LogP contribution in [0.1, 0.15) is 40.5 Å². The van der Waals surface area contributed by atoms with Crippen molar-refractivity contribution in [3.05, 3.63) is 12.2 Å². The molecule has 0 aromatic carbocycles. The number of ether oxygens (including phenoxy) is 3. The minimum absolute atomic E-state index is 0.0594. The van der Waals surface area contributed by atoms with Crippen LogP contribution in [0, 0.1) is 11.8 Å². The molecule has 1 saturated heterocycles. The van der Waals surface area contributed by atoms with Gasteiger partial charge in [0.25, 0.3) is 0 Å². The van der Waals surface area contributed by atoms with E-state index in [-0.39, 0.29) is 37.6 Å². The Morgan fingerprint density at radius 2 is 1.61 bits per heavy atom. The molecule has 5 heteroatoms. The van der Waals surface area contributed by atoms with Crippen LogP contribution in [0.4, 0.5) is 0 Å². The Kier molecular flexibility index (Phi) is 12.6. The van der Waals surface area contributed by atoms with Crippen LogP contribution < -0.4 is 0 Å². The van der Waals surface area contributed by atoms with Gasteiger partial charge in [-0.3, -0.25) is 0 Å². The first-order valence-electron chi connectivity index (χ1n) is 8.59. The maximum absolute atomic E-state index is 8.79. The molecule has 0 aromatic heterocycles. The molecule has 6 atom stereocenters. The summed E-state index contributed by atoms with van der Waals surface area (Å²) in [5.41, 5.74) is 0. The summed E-state index contributed by atoms with van der Waals surface area (Å²) in [6.07, 6.45) is 6.54. The third kappa shape index (κ3) is 8.27. The van der Waals surface area contributed by atoms with Crippen LogP contribution in [0.15, 0.2) is 12.2 Å². The predicted octanol–water partition coefficient (Wildman–Crippen LogP) is 2.40. The first-order chi connectivity index (χ1) is 11.0. The summed E-state index contributed by atoms with van der Waals surface area (Å²) in [7, 11) is 3.44. The van der Waals surface area contributed by atoms with Gasteiger partial charge in [0.1, 0.15) is 6.10 Å². The number of rotatable bonds is 10. The van der Waals surface area contributed by atoms with E-state index in [4.69, 9.17) is 24.4 Å². The van der Waals surface area contributed by atoms with Gasteiger partial charge in [0, 0.05) is 26.1 Å². The van der Waals surface area contributed by atoms with Gasteiger partial charge in [0.2, 0.25) is 0 Å². The van der Waals surface area contributed by atoms with E-state index in [2.05, 4.69) is 27.7 Å². The van der Waals surface area contributed by atoms with Gasteiger partial charge in [0.05, 0.1) is 31.5 Å². The first kappa shape index (κ1) is 22.5. The van der Waals surface area contributed by atoms with Gasteiger partial charge in [-0.05, 0) is 12.8 Å². The highest BCUT2D eigenvalue weighted by Crippen LogP contribution is 2.32. The third-order valence-electron chi connectivity index (χ3n) is 4.45. The second-order valence-electron chi connectivity index (χ2n) is 6.02. The van der Waals surface area contributed by atoms with Crippen LogP contribution in [0.3, 0.4) is 0 Å². The lowest BCUT2D eigenvalue weighted by Crippen LogP contribution is -2.25. The van der Waals surface area contributed by atoms with Gasteiger partial charge < -0.3 is 24.4 Å². The van der Waals surface area contributed by atoms with E-state index < -0.39 is 0 Å². The summed E-state index contributed by atoms with van der Waals surface area (Å²) < 4.78 is 15.8. The van der Waals surface area contributed by atoms with Gasteiger partial charge in [-0.25, -0.2) is 0 Å². The molecule has 1 aliphatic rings. The van der Waals surface area contributed by atoms with Crippen LogP contribution >= 0.6 is 0 Å². The molecule has 0 spiro atoms. The van der Waals surface area contributed by atoms with Gasteiger partial charge in [-0.1, -0.05) is 39.8 Å². The van der Waals surface area contributed by atoms with E-state index >= 15 is 0 Å². The maximum atomic E-state index is 8.79. The lowest BCUT2D eigenvalue weighted by atomic mass is 9.97. The van der Waals surface area contributed by atoms with E-state index in [1.54, 1.807) is 20.3 Å². The lowest BCUT2D eigenvalue weighted by molar-refractivity contribution is 0.0446. The zero-order valence-electron chi connectivity index (χ0n) is 15.6. The molecule has 0 radical (unpaired) electrons. The van der Waals surface area contributed by atoms with E-state index in [9.17, 15) is 0 Å². The van der Waals surface area contributed by atoms with Crippen molar-refractivity contribution in [3.63, 3.8) is 0 Å². The monoisotopic (exact) mass is 332 g/mol. The molecule has 0 amide bonds. The Hall–Kier alpha value is -0.460. The molecular formula is C18H36O5. The normalized spacial score (nSPS) is 25.4. The molecular weight excluding hydrogens is 296 g/mol. The summed E-state index contributed by atoms with van der Waals surface area (Å²) >= 11 is 0. The van der Waals surface area contributed by atoms with Crippen molar-refractivity contribution < 1.29 is 24.4 Å². The molecule has 0 unspecified atom stereocenters. The van der Waals surface area contributed by atoms with E-state index in [0.717, 1.165) is 12.8 Å². The second-order valence-corrected chi connectivity index (χ2v) is 6.02. The zero-order valence-corrected chi connectivity index (χ0v) is 15.6. The summed E-state index contributed by atoms with van der Waals surface area (Å²) in [4.78, 5) is 0. The Bertz CT molecular complexity index is 300. The van der Waals surface area contributed by atoms with Gasteiger partial charge in [-0.15, -0.1) is 0 Å². The minimum Gasteiger partial charge on any atom is -0.394 e. The van der Waals surface area contributed by atoms with Gasteiger partial charge >= 0.3 is 0 Å². The average molecular weight is 332 g/mol. The van der Waals surface area contributed by atoms with E-state index in [1.807, 2.05) is 6.08 Å². The molecule has 23 heavy (non-hydrogen) atoms. The van der Waals surface area contributed by atoms with Crippen molar-refractivity contribution in [2.24, 2.45) is 11.8 Å². The van der Waals surface area contributed by atoms with Crippen LogP contribution in [0.2, 0.25) is 0 Å². The van der Waals surface area contributed by atoms with Crippen LogP contribution in [-0.2, 0) is 14.2 Å². The van der Waals surface area contributed by atoms with Crippen molar-refractivity contribution in [1.29, 1.82) is 0 Å². The maximum Gasteiger partial charge on any atom is 0.108 e. The minimum atomic E-state index is 0.0594. The fraction of sp³-hybridized carbons (Fsp3) is 0.889. The number of hydrogen-bond donors (Lipinski definition) is 2. The summed E-state index contributed by atoms with van der Waals surface area (Å²) in [5, 5.41) is 17.3. The molecule has 1 heterocycles. The Balaban J connectivity index is 0.000000423. The molecule has 0 aliphatic carbocycles. The van der Waals surface area contributed by atoms with E-state index in [0.29, 0.717) is 11.8 Å². The smallest absolute Gasteiger partial charge is 0.108 e. The third-order valence-corrected chi connectivity index (χ3v) is 4.45. The highest BCUT2D eigenvalue weighted by atomic mass is 16.6. The fourth-order valence-electron chi connectivity index (χ4n) is 2.88. The quantitative estimate of drug-likeness (QED) is 0.475. The van der Waals surface area contributed by atoms with Crippen molar-refractivity contribution in [1.82, 2.24) is 0 Å². The summed E-state index contributed by atoms with van der Waals surface area (Å²) in [6, 6.07) is 0. The number of epoxide rings is 1. The lowest BCUT2D eigenvalue weighted by Gasteiger charge is -2.19. The highest BCUT2D eigenvalue weighted by Gasteiger charge is 2.44. The molecule has 138 valence electrons. The first-order valence-corrected chi connectivity index (χ1v) is 8.59. The number of hydrogen-bond acceptors (Lipinski definition) is 5. The number of aliphatic hydroxyl groups is 2. The standard InChI is InChI=1S/C9H18O3.C9H18O2/c1-4-7(11-3)6(2)9-8(5-10)12-9;1-4-9(11-3)8(2)6-5-7-10/h6-10H,4-5H2,1-3H3;5-6,8-10H,4,7H2,1-3H3/b;6-5+/t6-,7+,8+,9+;8-,9-/m10/s1. The van der Waals surface area contributed by atoms with Crippen molar-refractivity contribution in [2.45, 2.75) is 65.0 Å². The van der Waals surface area contributed by atoms with Crippen LogP contribution in [-0.4, -0.2) is 62.1 Å². The largest absolute Gasteiger partial charge is 0.394 e. The molecule has 5 nitrogen and oxygen atoms in total. The molecule has 1 rings (SSSR count). The molecule has 0 bridgehead atoms. The van der Waals surface area contributed by atoms with Crippen LogP contribution in [0.25, 0.3) is 0 Å². The predicted molar refractivity (Wildman–Crippen MR) is 92.5 cm³/mol. The van der Waals surface area contributed by atoms with Crippen molar-refractivity contribution in [2.75, 3.05) is 27.4 Å². The SMILES string of the molecule is CC[C@H](OC)[C@@H](C)/C=C/CO.CC[C@H](OC)[C@@H](C)[C@@H]1O[C@H]1CO. The second kappa shape index (κ2) is 12.9. The van der Waals surface area contributed by atoms with E-state index in [1.165, 1.54) is 0 Å². The summed E-state index contributed by atoms with van der Waals surface area (Å²) in [6.45, 7) is 8.64.